The van der Waals surface area contributed by atoms with Crippen molar-refractivity contribution >= 4 is 40.7 Å². The molecule has 3 aromatic rings. The number of benzene rings is 1. The van der Waals surface area contributed by atoms with Crippen LogP contribution in [0.2, 0.25) is 0 Å². The maximum Gasteiger partial charge on any atom is 0.407 e. The maximum absolute atomic E-state index is 14.7. The first-order chi connectivity index (χ1) is 18.7. The van der Waals surface area contributed by atoms with Gasteiger partial charge >= 0.3 is 6.09 Å². The quantitative estimate of drug-likeness (QED) is 0.365. The summed E-state index contributed by atoms with van der Waals surface area (Å²) in [5.74, 6) is -2.10. The number of fused-ring (bicyclic) bond motifs is 1. The Kier molecular flexibility index (Phi) is 7.14. The molecule has 12 nitrogen and oxygen atoms in total. The molecule has 1 saturated carbocycles. The highest BCUT2D eigenvalue weighted by Crippen LogP contribution is 2.37. The third-order valence-corrected chi connectivity index (χ3v) is 7.33. The zero-order valence-electron chi connectivity index (χ0n) is 20.9. The smallest absolute Gasteiger partial charge is 0.407 e. The molecule has 1 aliphatic heterocycles. The number of carbonyl (C=O) groups excluding carboxylic acids is 1. The molecule has 5 N–H and O–H groups in total. The van der Waals surface area contributed by atoms with Crippen LogP contribution in [-0.4, -0.2) is 60.7 Å². The molecule has 0 bridgehead atoms. The van der Waals surface area contributed by atoms with Crippen molar-refractivity contribution < 1.29 is 23.5 Å². The van der Waals surface area contributed by atoms with Gasteiger partial charge in [-0.15, -0.1) is 0 Å². The molecule has 1 unspecified atom stereocenters. The lowest BCUT2D eigenvalue weighted by Gasteiger charge is -2.31. The third kappa shape index (κ3) is 5.38. The Labute approximate surface area is 221 Å². The van der Waals surface area contributed by atoms with E-state index in [2.05, 4.69) is 25.6 Å². The van der Waals surface area contributed by atoms with Crippen LogP contribution in [-0.2, 0) is 4.79 Å². The molecule has 2 aliphatic rings. The second-order valence-electron chi connectivity index (χ2n) is 9.88. The molecule has 39 heavy (non-hydrogen) atoms. The number of rotatable bonds is 6. The third-order valence-electron chi connectivity index (χ3n) is 7.33. The molecule has 5 rings (SSSR count). The highest BCUT2D eigenvalue weighted by Gasteiger charge is 2.30. The Bertz CT molecular complexity index is 1440. The van der Waals surface area contributed by atoms with Crippen molar-refractivity contribution in [2.75, 3.05) is 23.7 Å². The van der Waals surface area contributed by atoms with Crippen LogP contribution in [0.5, 0.6) is 0 Å². The molecule has 0 radical (unpaired) electrons. The molecule has 1 atom stereocenters. The van der Waals surface area contributed by atoms with Crippen LogP contribution in [0.3, 0.4) is 0 Å². The fraction of sp³-hybridized carbons (Fsp3) is 0.440. The van der Waals surface area contributed by atoms with Crippen molar-refractivity contribution in [1.29, 1.82) is 5.26 Å². The van der Waals surface area contributed by atoms with Crippen molar-refractivity contribution in [1.82, 2.24) is 24.4 Å². The summed E-state index contributed by atoms with van der Waals surface area (Å²) in [6, 6.07) is 3.20. The number of nitrogens with one attached hydrogen (secondary N) is 2. The van der Waals surface area contributed by atoms with E-state index in [1.54, 1.807) is 10.6 Å². The highest BCUT2D eigenvalue weighted by molar-refractivity contribution is 5.78. The molecule has 3 heterocycles. The summed E-state index contributed by atoms with van der Waals surface area (Å²) in [5.41, 5.74) is 5.68. The Morgan fingerprint density at radius 2 is 1.85 bits per heavy atom. The first kappa shape index (κ1) is 26.1. The minimum Gasteiger partial charge on any atom is -0.465 e. The average Bonchev–Trinajstić information content (AvgIpc) is 3.28. The molecular formula is C25H27F2N9O3. The van der Waals surface area contributed by atoms with Gasteiger partial charge in [0.05, 0.1) is 17.8 Å². The standard InChI is InChI=1S/C25H27F2N9O3/c26-17-8-13(10-28)9-18(27)20(17)33-24-32-19-11-30-23(31-15-2-1-7-35(12-15)25(38)39)34-22(19)36(24)16-5-3-14(4-6-16)21(29)37/h8-9,11,14-16H,1-7,12H2,(H2,29,37)(H,32,33)(H,38,39)(H,30,31,34). The topological polar surface area (TPSA) is 175 Å². The van der Waals surface area contributed by atoms with E-state index in [4.69, 9.17) is 11.0 Å². The van der Waals surface area contributed by atoms with Crippen molar-refractivity contribution in [2.45, 2.75) is 50.6 Å². The number of primary amides is 1. The molecule has 2 fully saturated rings. The zero-order chi connectivity index (χ0) is 27.7. The van der Waals surface area contributed by atoms with Crippen molar-refractivity contribution in [3.8, 4) is 6.07 Å². The molecule has 2 aromatic heterocycles. The maximum atomic E-state index is 14.7. The van der Waals surface area contributed by atoms with E-state index in [9.17, 15) is 23.5 Å². The van der Waals surface area contributed by atoms with Gasteiger partial charge in [-0.2, -0.15) is 10.2 Å². The van der Waals surface area contributed by atoms with E-state index in [1.165, 1.54) is 11.1 Å². The number of carboxylic acid groups (broad SMARTS) is 1. The van der Waals surface area contributed by atoms with E-state index < -0.39 is 23.4 Å². The van der Waals surface area contributed by atoms with Crippen LogP contribution in [0.4, 0.5) is 31.2 Å². The van der Waals surface area contributed by atoms with Crippen molar-refractivity contribution in [3.63, 3.8) is 0 Å². The number of imidazole rings is 1. The lowest BCUT2D eigenvalue weighted by atomic mass is 9.85. The van der Waals surface area contributed by atoms with Crippen LogP contribution < -0.4 is 16.4 Å². The van der Waals surface area contributed by atoms with Gasteiger partial charge < -0.3 is 26.4 Å². The van der Waals surface area contributed by atoms with E-state index >= 15 is 0 Å². The summed E-state index contributed by atoms with van der Waals surface area (Å²) in [5, 5.41) is 24.3. The predicted octanol–water partition coefficient (Wildman–Crippen LogP) is 3.49. The van der Waals surface area contributed by atoms with E-state index in [0.717, 1.165) is 18.6 Å². The fourth-order valence-electron chi connectivity index (χ4n) is 5.33. The van der Waals surface area contributed by atoms with Crippen molar-refractivity contribution in [2.24, 2.45) is 11.7 Å². The number of likely N-dealkylation sites (tertiary alicyclic amines) is 1. The number of hydrogen-bond acceptors (Lipinski definition) is 8. The molecular weight excluding hydrogens is 512 g/mol. The lowest BCUT2D eigenvalue weighted by molar-refractivity contribution is -0.122. The zero-order valence-corrected chi connectivity index (χ0v) is 20.9. The molecule has 1 aromatic carbocycles. The Hall–Kier alpha value is -4.54. The number of anilines is 3. The van der Waals surface area contributed by atoms with Crippen LogP contribution in [0.1, 0.15) is 50.1 Å². The Morgan fingerprint density at radius 1 is 1.13 bits per heavy atom. The summed E-state index contributed by atoms with van der Waals surface area (Å²) in [6.07, 6.45) is 4.16. The number of nitrogens with two attached hydrogens (primary N) is 1. The van der Waals surface area contributed by atoms with Crippen LogP contribution >= 0.6 is 0 Å². The summed E-state index contributed by atoms with van der Waals surface area (Å²) in [4.78, 5) is 37.9. The van der Waals surface area contributed by atoms with Gasteiger partial charge in [0.2, 0.25) is 17.8 Å². The number of aromatic nitrogens is 4. The molecule has 1 saturated heterocycles. The first-order valence-corrected chi connectivity index (χ1v) is 12.7. The van der Waals surface area contributed by atoms with Crippen molar-refractivity contribution in [3.05, 3.63) is 35.5 Å². The van der Waals surface area contributed by atoms with Gasteiger partial charge in [0.25, 0.3) is 0 Å². The van der Waals surface area contributed by atoms with Crippen LogP contribution in [0.25, 0.3) is 11.2 Å². The van der Waals surface area contributed by atoms with Crippen LogP contribution in [0.15, 0.2) is 18.3 Å². The van der Waals surface area contributed by atoms with Gasteiger partial charge in [0, 0.05) is 31.1 Å². The second kappa shape index (κ2) is 10.7. The van der Waals surface area contributed by atoms with Gasteiger partial charge in [0.15, 0.2) is 17.3 Å². The lowest BCUT2D eigenvalue weighted by Crippen LogP contribution is -2.44. The fourth-order valence-corrected chi connectivity index (χ4v) is 5.33. The SMILES string of the molecule is N#Cc1cc(F)c(Nc2nc3cnc(NC4CCCN(C(=O)O)C4)nc3n2C2CCC(C(N)=O)CC2)c(F)c1. The minimum absolute atomic E-state index is 0.135. The van der Waals surface area contributed by atoms with E-state index in [1.807, 2.05) is 0 Å². The first-order valence-electron chi connectivity index (χ1n) is 12.7. The number of halogens is 2. The number of hydrogen-bond donors (Lipinski definition) is 4. The van der Waals surface area contributed by atoms with E-state index in [-0.39, 0.29) is 47.9 Å². The summed E-state index contributed by atoms with van der Waals surface area (Å²) >= 11 is 0. The number of nitriles is 1. The summed E-state index contributed by atoms with van der Waals surface area (Å²) in [6.45, 7) is 0.753. The summed E-state index contributed by atoms with van der Waals surface area (Å²) < 4.78 is 31.2. The van der Waals surface area contributed by atoms with Gasteiger partial charge in [-0.25, -0.2) is 23.5 Å². The monoisotopic (exact) mass is 539 g/mol. The number of nitrogens with zero attached hydrogens (tertiary/aromatic N) is 6. The van der Waals surface area contributed by atoms with E-state index in [0.29, 0.717) is 49.8 Å². The van der Waals surface area contributed by atoms with Gasteiger partial charge in [-0.3, -0.25) is 9.36 Å². The number of carbonyl (C=O) groups is 2. The normalized spacial score (nSPS) is 21.4. The van der Waals surface area contributed by atoms with Gasteiger partial charge in [-0.1, -0.05) is 0 Å². The van der Waals surface area contributed by atoms with Crippen LogP contribution in [0, 0.1) is 28.9 Å². The largest absolute Gasteiger partial charge is 0.465 e. The molecule has 0 spiro atoms. The average molecular weight is 540 g/mol. The second-order valence-corrected chi connectivity index (χ2v) is 9.88. The molecule has 1 aliphatic carbocycles. The predicted molar refractivity (Wildman–Crippen MR) is 136 cm³/mol. The Morgan fingerprint density at radius 3 is 2.49 bits per heavy atom. The molecule has 2 amide bonds. The van der Waals surface area contributed by atoms with Gasteiger partial charge in [0.1, 0.15) is 11.2 Å². The van der Waals surface area contributed by atoms with Gasteiger partial charge in [-0.05, 0) is 50.7 Å². The number of amides is 2. The minimum atomic E-state index is -0.986. The molecule has 204 valence electrons. The number of piperidine rings is 1. The summed E-state index contributed by atoms with van der Waals surface area (Å²) in [7, 11) is 0. The molecule has 14 heteroatoms. The Balaban J connectivity index is 1.50. The highest BCUT2D eigenvalue weighted by atomic mass is 19.1.